The van der Waals surface area contributed by atoms with E-state index in [0.717, 1.165) is 42.0 Å². The van der Waals surface area contributed by atoms with Crippen LogP contribution in [0.25, 0.3) is 5.69 Å². The number of amides is 1. The first-order valence-corrected chi connectivity index (χ1v) is 10.2. The highest BCUT2D eigenvalue weighted by molar-refractivity contribution is 5.94. The van der Waals surface area contributed by atoms with Crippen molar-refractivity contribution in [3.8, 4) is 17.2 Å². The maximum Gasteiger partial charge on any atom is 0.253 e. The molecule has 1 saturated heterocycles. The number of aromatic hydroxyl groups is 1. The standard InChI is InChI=1S/C24H24N2O3.H2/c1-2-17-9-10-18(16-20(17)27)23(28)25-14-11-24(12-15-25)22-8-5-13-26(22)19-6-3-4-7-21(19)29-24;/h3-10,13,16,27H,2,11-12,14-15H2,1H3;1H. The predicted octanol–water partition coefficient (Wildman–Crippen LogP) is 4.52. The highest BCUT2D eigenvalue weighted by atomic mass is 16.5. The first kappa shape index (κ1) is 17.9. The van der Waals surface area contributed by atoms with Crippen molar-refractivity contribution in [2.75, 3.05) is 13.1 Å². The summed E-state index contributed by atoms with van der Waals surface area (Å²) < 4.78 is 8.74. The van der Waals surface area contributed by atoms with Crippen LogP contribution in [0.4, 0.5) is 0 Å². The first-order chi connectivity index (χ1) is 14.1. The van der Waals surface area contributed by atoms with Crippen LogP contribution in [0.3, 0.4) is 0 Å². The summed E-state index contributed by atoms with van der Waals surface area (Å²) >= 11 is 0. The molecule has 5 nitrogen and oxygen atoms in total. The van der Waals surface area contributed by atoms with Crippen molar-refractivity contribution >= 4 is 5.91 Å². The summed E-state index contributed by atoms with van der Waals surface area (Å²) in [6.45, 7) is 3.21. The molecule has 0 atom stereocenters. The Morgan fingerprint density at radius 3 is 2.69 bits per heavy atom. The Morgan fingerprint density at radius 2 is 1.93 bits per heavy atom. The fourth-order valence-corrected chi connectivity index (χ4v) is 4.58. The summed E-state index contributed by atoms with van der Waals surface area (Å²) in [5.41, 5.74) is 3.18. The van der Waals surface area contributed by atoms with E-state index in [4.69, 9.17) is 4.74 Å². The summed E-state index contributed by atoms with van der Waals surface area (Å²) in [5.74, 6) is 1.04. The third-order valence-electron chi connectivity index (χ3n) is 6.22. The zero-order valence-electron chi connectivity index (χ0n) is 16.5. The van der Waals surface area contributed by atoms with Gasteiger partial charge in [0.15, 0.2) is 5.60 Å². The molecular formula is C24H26N2O3. The number of hydrogen-bond donors (Lipinski definition) is 1. The number of nitrogens with zero attached hydrogens (tertiary/aromatic N) is 2. The zero-order chi connectivity index (χ0) is 20.0. The second kappa shape index (κ2) is 6.69. The van der Waals surface area contributed by atoms with Crippen molar-refractivity contribution in [3.05, 3.63) is 77.6 Å². The number of likely N-dealkylation sites (tertiary alicyclic amines) is 1. The molecule has 0 unspecified atom stereocenters. The molecule has 29 heavy (non-hydrogen) atoms. The lowest BCUT2D eigenvalue weighted by Crippen LogP contribution is -2.50. The second-order valence-corrected chi connectivity index (χ2v) is 7.82. The highest BCUT2D eigenvalue weighted by Crippen LogP contribution is 2.45. The molecule has 0 saturated carbocycles. The van der Waals surface area contributed by atoms with E-state index in [-0.39, 0.29) is 13.1 Å². The van der Waals surface area contributed by atoms with Crippen LogP contribution >= 0.6 is 0 Å². The van der Waals surface area contributed by atoms with Gasteiger partial charge in [0.2, 0.25) is 0 Å². The van der Waals surface area contributed by atoms with Crippen LogP contribution in [-0.2, 0) is 12.0 Å². The van der Waals surface area contributed by atoms with Gasteiger partial charge in [-0.2, -0.15) is 0 Å². The lowest BCUT2D eigenvalue weighted by molar-refractivity contribution is -0.00931. The van der Waals surface area contributed by atoms with Crippen molar-refractivity contribution in [1.82, 2.24) is 9.47 Å². The molecule has 5 rings (SSSR count). The number of hydrogen-bond acceptors (Lipinski definition) is 3. The molecule has 3 heterocycles. The number of carbonyl (C=O) groups excluding carboxylic acids is 1. The van der Waals surface area contributed by atoms with Gasteiger partial charge in [0.25, 0.3) is 5.91 Å². The molecule has 1 amide bonds. The number of aromatic nitrogens is 1. The smallest absolute Gasteiger partial charge is 0.253 e. The SMILES string of the molecule is CCc1ccc(C(=O)N2CCC3(CC2)Oc2ccccc2-n2cccc23)cc1O.[HH]. The largest absolute Gasteiger partial charge is 0.508 e. The van der Waals surface area contributed by atoms with Gasteiger partial charge in [-0.25, -0.2) is 0 Å². The van der Waals surface area contributed by atoms with Crippen LogP contribution in [0.2, 0.25) is 0 Å². The number of carbonyl (C=O) groups is 1. The summed E-state index contributed by atoms with van der Waals surface area (Å²) in [6.07, 6.45) is 4.28. The van der Waals surface area contributed by atoms with E-state index < -0.39 is 5.60 Å². The Labute approximate surface area is 171 Å². The number of fused-ring (bicyclic) bond motifs is 4. The van der Waals surface area contributed by atoms with E-state index in [1.165, 1.54) is 0 Å². The molecule has 1 fully saturated rings. The fourth-order valence-electron chi connectivity index (χ4n) is 4.58. The van der Waals surface area contributed by atoms with Crippen molar-refractivity contribution < 1.29 is 16.1 Å². The van der Waals surface area contributed by atoms with Crippen molar-refractivity contribution in [3.63, 3.8) is 0 Å². The van der Waals surface area contributed by atoms with Crippen LogP contribution < -0.4 is 4.74 Å². The van der Waals surface area contributed by atoms with E-state index in [2.05, 4.69) is 29.0 Å². The van der Waals surface area contributed by atoms with E-state index >= 15 is 0 Å². The average molecular weight is 390 g/mol. The lowest BCUT2D eigenvalue weighted by Gasteiger charge is -2.45. The molecule has 2 aliphatic heterocycles. The number of phenolic OH excluding ortho intramolecular Hbond substituents is 1. The number of ether oxygens (including phenoxy) is 1. The number of phenols is 1. The number of benzene rings is 2. The van der Waals surface area contributed by atoms with Crippen LogP contribution in [0.1, 0.15) is 42.8 Å². The Kier molecular flexibility index (Phi) is 4.12. The van der Waals surface area contributed by atoms with Gasteiger partial charge in [-0.1, -0.05) is 25.1 Å². The summed E-state index contributed by atoms with van der Waals surface area (Å²) in [4.78, 5) is 14.8. The van der Waals surface area contributed by atoms with E-state index in [1.807, 2.05) is 42.2 Å². The molecule has 5 heteroatoms. The minimum absolute atomic E-state index is 0. The third kappa shape index (κ3) is 2.80. The number of piperidine rings is 1. The Hall–Kier alpha value is -3.21. The molecule has 1 N–H and O–H groups in total. The Balaban J connectivity index is 0.00000218. The minimum Gasteiger partial charge on any atom is -0.508 e. The van der Waals surface area contributed by atoms with Gasteiger partial charge < -0.3 is 19.3 Å². The lowest BCUT2D eigenvalue weighted by atomic mass is 9.86. The normalized spacial score (nSPS) is 16.8. The molecule has 1 aromatic heterocycles. The number of rotatable bonds is 2. The van der Waals surface area contributed by atoms with Gasteiger partial charge >= 0.3 is 0 Å². The van der Waals surface area contributed by atoms with Crippen molar-refractivity contribution in [1.29, 1.82) is 0 Å². The van der Waals surface area contributed by atoms with Crippen LogP contribution in [-0.4, -0.2) is 33.6 Å². The minimum atomic E-state index is -0.414. The molecular weight excluding hydrogens is 364 g/mol. The fraction of sp³-hybridized carbons (Fsp3) is 0.292. The Bertz CT molecular complexity index is 1080. The highest BCUT2D eigenvalue weighted by Gasteiger charge is 2.44. The number of para-hydroxylation sites is 2. The van der Waals surface area contributed by atoms with Gasteiger partial charge in [0, 0.05) is 39.1 Å². The zero-order valence-corrected chi connectivity index (χ0v) is 16.5. The topological polar surface area (TPSA) is 54.7 Å². The maximum atomic E-state index is 13.0. The molecule has 1 spiro atoms. The molecule has 0 radical (unpaired) electrons. The molecule has 3 aromatic rings. The van der Waals surface area contributed by atoms with Crippen LogP contribution in [0.5, 0.6) is 11.5 Å². The molecule has 150 valence electrons. The summed E-state index contributed by atoms with van der Waals surface area (Å²) in [6, 6.07) is 17.5. The predicted molar refractivity (Wildman–Crippen MR) is 113 cm³/mol. The quantitative estimate of drug-likeness (QED) is 0.700. The van der Waals surface area contributed by atoms with Gasteiger partial charge in [0.05, 0.1) is 11.4 Å². The monoisotopic (exact) mass is 390 g/mol. The summed E-state index contributed by atoms with van der Waals surface area (Å²) in [5, 5.41) is 10.1. The van der Waals surface area contributed by atoms with Gasteiger partial charge in [0.1, 0.15) is 11.5 Å². The maximum absolute atomic E-state index is 13.0. The molecule has 2 aliphatic rings. The third-order valence-corrected chi connectivity index (χ3v) is 6.22. The van der Waals surface area contributed by atoms with Gasteiger partial charge in [-0.3, -0.25) is 4.79 Å². The average Bonchev–Trinajstić information content (AvgIpc) is 3.25. The number of aryl methyl sites for hydroxylation is 1. The van der Waals surface area contributed by atoms with Crippen molar-refractivity contribution in [2.45, 2.75) is 31.8 Å². The van der Waals surface area contributed by atoms with Crippen LogP contribution in [0, 0.1) is 0 Å². The Morgan fingerprint density at radius 1 is 1.14 bits per heavy atom. The van der Waals surface area contributed by atoms with Gasteiger partial charge in [-0.05, 0) is 48.4 Å². The van der Waals surface area contributed by atoms with E-state index in [1.54, 1.807) is 6.07 Å². The second-order valence-electron chi connectivity index (χ2n) is 7.82. The van der Waals surface area contributed by atoms with E-state index in [0.29, 0.717) is 18.7 Å². The molecule has 0 bridgehead atoms. The molecule has 2 aromatic carbocycles. The van der Waals surface area contributed by atoms with Crippen molar-refractivity contribution in [2.24, 2.45) is 0 Å². The summed E-state index contributed by atoms with van der Waals surface area (Å²) in [7, 11) is 0. The first-order valence-electron chi connectivity index (χ1n) is 10.2. The van der Waals surface area contributed by atoms with E-state index in [9.17, 15) is 9.90 Å². The molecule has 0 aliphatic carbocycles. The van der Waals surface area contributed by atoms with Crippen LogP contribution in [0.15, 0.2) is 60.8 Å². The van der Waals surface area contributed by atoms with Gasteiger partial charge in [-0.15, -0.1) is 0 Å².